The van der Waals surface area contributed by atoms with Crippen LogP contribution in [0.5, 0.6) is 0 Å². The predicted octanol–water partition coefficient (Wildman–Crippen LogP) is 5.97. The van der Waals surface area contributed by atoms with E-state index in [-0.39, 0.29) is 19.8 Å². The lowest BCUT2D eigenvalue weighted by Gasteiger charge is -2.15. The van der Waals surface area contributed by atoms with Crippen molar-refractivity contribution in [1.82, 2.24) is 0 Å². The third-order valence-electron chi connectivity index (χ3n) is 5.76. The zero-order valence-corrected chi connectivity index (χ0v) is 22.2. The predicted molar refractivity (Wildman–Crippen MR) is 136 cm³/mol. The molecule has 34 heavy (non-hydrogen) atoms. The summed E-state index contributed by atoms with van der Waals surface area (Å²) in [6, 6.07) is 5.62. The second-order valence-corrected chi connectivity index (χ2v) is 10.5. The third kappa shape index (κ3) is 19.5. The van der Waals surface area contributed by atoms with Gasteiger partial charge in [-0.05, 0) is 6.42 Å². The number of rotatable bonds is 24. The van der Waals surface area contributed by atoms with Crippen LogP contribution < -0.4 is 4.57 Å². The molecule has 1 heterocycles. The van der Waals surface area contributed by atoms with Gasteiger partial charge in [-0.15, -0.1) is 0 Å². The largest absolute Gasteiger partial charge is 0.472 e. The van der Waals surface area contributed by atoms with Crippen LogP contribution in [0, 0.1) is 0 Å². The number of aromatic nitrogens is 1. The minimum absolute atomic E-state index is 0.0359. The molecule has 0 fully saturated rings. The van der Waals surface area contributed by atoms with E-state index in [0.29, 0.717) is 13.2 Å². The molecule has 0 aliphatic carbocycles. The Morgan fingerprint density at radius 2 is 1.26 bits per heavy atom. The van der Waals surface area contributed by atoms with Crippen LogP contribution in [0.2, 0.25) is 0 Å². The van der Waals surface area contributed by atoms with Gasteiger partial charge in [-0.2, -0.15) is 0 Å². The Balaban J connectivity index is 1.86. The van der Waals surface area contributed by atoms with E-state index in [9.17, 15) is 14.6 Å². The van der Waals surface area contributed by atoms with E-state index in [0.717, 1.165) is 12.8 Å². The van der Waals surface area contributed by atoms with Crippen LogP contribution in [0.1, 0.15) is 96.8 Å². The summed E-state index contributed by atoms with van der Waals surface area (Å²) in [5, 5.41) is 9.89. The number of hydrogen-bond donors (Lipinski definition) is 2. The number of aliphatic hydroxyl groups is 1. The maximum Gasteiger partial charge on any atom is 0.472 e. The topological polar surface area (TPSA) is 89.1 Å². The van der Waals surface area contributed by atoms with Crippen LogP contribution in [-0.2, 0) is 24.9 Å². The van der Waals surface area contributed by atoms with Gasteiger partial charge in [0.15, 0.2) is 18.9 Å². The Morgan fingerprint density at radius 3 is 1.82 bits per heavy atom. The molecule has 0 aliphatic heterocycles. The van der Waals surface area contributed by atoms with Crippen molar-refractivity contribution in [3.05, 3.63) is 30.6 Å². The van der Waals surface area contributed by atoms with E-state index in [1.807, 2.05) is 35.2 Å². The fraction of sp³-hybridized carbons (Fsp3) is 0.808. The summed E-state index contributed by atoms with van der Waals surface area (Å²) in [6.07, 6.45) is 21.1. The van der Waals surface area contributed by atoms with Gasteiger partial charge in [0.25, 0.3) is 0 Å². The summed E-state index contributed by atoms with van der Waals surface area (Å²) in [5.74, 6) is 0. The van der Waals surface area contributed by atoms with E-state index in [4.69, 9.17) is 13.8 Å². The Labute approximate surface area is 207 Å². The van der Waals surface area contributed by atoms with Crippen LogP contribution in [-0.4, -0.2) is 42.5 Å². The molecule has 1 unspecified atom stereocenters. The Morgan fingerprint density at radius 1 is 0.735 bits per heavy atom. The monoisotopic (exact) mass is 502 g/mol. The zero-order valence-electron chi connectivity index (χ0n) is 21.3. The molecule has 1 rings (SSSR count). The molecular formula is C26H49NO6P+. The number of pyridine rings is 1. The molecule has 0 saturated carbocycles. The second-order valence-electron chi connectivity index (χ2n) is 9.04. The van der Waals surface area contributed by atoms with E-state index < -0.39 is 13.9 Å². The van der Waals surface area contributed by atoms with Crippen LogP contribution in [0.3, 0.4) is 0 Å². The first-order chi connectivity index (χ1) is 16.5. The number of unbranched alkanes of at least 4 members (excludes halogenated alkanes) is 13. The first-order valence-electron chi connectivity index (χ1n) is 13.4. The summed E-state index contributed by atoms with van der Waals surface area (Å²) >= 11 is 0. The molecule has 0 bridgehead atoms. The highest BCUT2D eigenvalue weighted by Gasteiger charge is 2.23. The van der Waals surface area contributed by atoms with Gasteiger partial charge in [-0.3, -0.25) is 9.05 Å². The van der Waals surface area contributed by atoms with Gasteiger partial charge < -0.3 is 14.7 Å². The van der Waals surface area contributed by atoms with Gasteiger partial charge in [-0.1, -0.05) is 96.5 Å². The van der Waals surface area contributed by atoms with Crippen LogP contribution in [0.15, 0.2) is 30.6 Å². The van der Waals surface area contributed by atoms with Crippen LogP contribution in [0.4, 0.5) is 0 Å². The van der Waals surface area contributed by atoms with E-state index in [1.54, 1.807) is 0 Å². The molecule has 198 valence electrons. The number of ether oxygens (including phenoxy) is 1. The quantitative estimate of drug-likeness (QED) is 0.103. The van der Waals surface area contributed by atoms with Crippen molar-refractivity contribution in [1.29, 1.82) is 0 Å². The molecule has 0 amide bonds. The van der Waals surface area contributed by atoms with Gasteiger partial charge in [-0.25, -0.2) is 9.13 Å². The summed E-state index contributed by atoms with van der Waals surface area (Å²) < 4.78 is 29.0. The number of aliphatic hydroxyl groups excluding tert-OH is 1. The van der Waals surface area contributed by atoms with Gasteiger partial charge >= 0.3 is 7.82 Å². The maximum atomic E-state index is 11.9. The Bertz CT molecular complexity index is 619. The van der Waals surface area contributed by atoms with Crippen molar-refractivity contribution in [2.75, 3.05) is 26.4 Å². The summed E-state index contributed by atoms with van der Waals surface area (Å²) in [4.78, 5) is 9.70. The van der Waals surface area contributed by atoms with E-state index in [2.05, 4.69) is 6.92 Å². The van der Waals surface area contributed by atoms with Crippen molar-refractivity contribution in [3.8, 4) is 0 Å². The summed E-state index contributed by atoms with van der Waals surface area (Å²) in [5.41, 5.74) is 0. The Kier molecular flexibility index (Phi) is 19.7. The highest BCUT2D eigenvalue weighted by molar-refractivity contribution is 7.47. The molecule has 1 aromatic heterocycles. The molecule has 2 atom stereocenters. The lowest BCUT2D eigenvalue weighted by Crippen LogP contribution is -2.34. The fourth-order valence-electron chi connectivity index (χ4n) is 3.73. The van der Waals surface area contributed by atoms with Crippen molar-refractivity contribution >= 4 is 7.82 Å². The number of nitrogens with zero attached hydrogens (tertiary/aromatic N) is 1. The number of hydrogen-bond acceptors (Lipinski definition) is 5. The van der Waals surface area contributed by atoms with Gasteiger partial charge in [0.2, 0.25) is 0 Å². The lowest BCUT2D eigenvalue weighted by molar-refractivity contribution is -0.697. The van der Waals surface area contributed by atoms with E-state index >= 15 is 0 Å². The lowest BCUT2D eigenvalue weighted by atomic mass is 10.0. The van der Waals surface area contributed by atoms with Crippen molar-refractivity contribution < 1.29 is 32.9 Å². The third-order valence-corrected chi connectivity index (χ3v) is 6.75. The van der Waals surface area contributed by atoms with E-state index in [1.165, 1.54) is 77.0 Å². The zero-order chi connectivity index (χ0) is 24.7. The highest BCUT2D eigenvalue weighted by atomic mass is 31.2. The molecule has 7 nitrogen and oxygen atoms in total. The molecule has 1 aromatic rings. The Hall–Kier alpha value is -0.820. The SMILES string of the molecule is CCCCCCCCCCCCCCCCOC[C@H](O)COP(=O)(O)OCC[n+]1ccccc1. The average molecular weight is 503 g/mol. The van der Waals surface area contributed by atoms with Crippen molar-refractivity contribution in [3.63, 3.8) is 0 Å². The standard InChI is InChI=1S/C26H48NO6P/c1-2-3-4-5-6-7-8-9-10-11-12-13-14-18-22-31-24-26(28)25-33-34(29,30)32-23-21-27-19-16-15-17-20-27/h15-17,19-20,26,28H,2-14,18,21-25H2,1H3/p+1/t26-/m0/s1. The first-order valence-corrected chi connectivity index (χ1v) is 14.8. The molecule has 2 N–H and O–H groups in total. The summed E-state index contributed by atoms with van der Waals surface area (Å²) in [6.45, 7) is 3.09. The smallest absolute Gasteiger partial charge is 0.388 e. The van der Waals surface area contributed by atoms with Crippen LogP contribution in [0.25, 0.3) is 0 Å². The minimum Gasteiger partial charge on any atom is -0.388 e. The molecule has 0 aromatic carbocycles. The molecule has 0 spiro atoms. The minimum atomic E-state index is -4.19. The molecule has 0 radical (unpaired) electrons. The number of phosphoric acid groups is 1. The fourth-order valence-corrected chi connectivity index (χ4v) is 4.48. The van der Waals surface area contributed by atoms with Crippen LogP contribution >= 0.6 is 7.82 Å². The normalized spacial score (nSPS) is 14.2. The molecule has 8 heteroatoms. The van der Waals surface area contributed by atoms with Crippen molar-refractivity contribution in [2.24, 2.45) is 0 Å². The summed E-state index contributed by atoms with van der Waals surface area (Å²) in [7, 11) is -4.19. The number of phosphoric ester groups is 1. The molecule has 0 saturated heterocycles. The molecule has 0 aliphatic rings. The molecular weight excluding hydrogens is 453 g/mol. The highest BCUT2D eigenvalue weighted by Crippen LogP contribution is 2.42. The first kappa shape index (κ1) is 31.2. The van der Waals surface area contributed by atoms with Gasteiger partial charge in [0.1, 0.15) is 12.7 Å². The maximum absolute atomic E-state index is 11.9. The van der Waals surface area contributed by atoms with Gasteiger partial charge in [0.05, 0.1) is 13.2 Å². The van der Waals surface area contributed by atoms with Gasteiger partial charge in [0, 0.05) is 18.7 Å². The second kappa shape index (κ2) is 21.5. The van der Waals surface area contributed by atoms with Crippen molar-refractivity contribution in [2.45, 2.75) is 109 Å². The average Bonchev–Trinajstić information content (AvgIpc) is 2.83.